The van der Waals surface area contributed by atoms with Crippen LogP contribution < -0.4 is 11.1 Å². The standard InChI is InChI=1S/C24H24BrClN6O4/c25-18-19(24(35)36)29-32(21(18)28-22(34)16-8-4-5-9-17(16)26)23(20(27)33)31-12-10-30(11-13-31)14-15-6-2-1-3-7-15/h1-9,23H,10-14H2,(H2,27,33)(H,28,34)(H,35,36). The molecule has 10 nitrogen and oxygen atoms in total. The van der Waals surface area contributed by atoms with Crippen molar-refractivity contribution >= 4 is 51.1 Å². The Hall–Kier alpha value is -3.25. The first-order valence-electron chi connectivity index (χ1n) is 11.1. The summed E-state index contributed by atoms with van der Waals surface area (Å²) in [7, 11) is 0. The van der Waals surface area contributed by atoms with Gasteiger partial charge in [0.1, 0.15) is 5.82 Å². The van der Waals surface area contributed by atoms with Crippen LogP contribution in [-0.4, -0.2) is 68.6 Å². The van der Waals surface area contributed by atoms with Crippen molar-refractivity contribution in [2.45, 2.75) is 12.7 Å². The molecule has 0 radical (unpaired) electrons. The molecule has 1 fully saturated rings. The van der Waals surface area contributed by atoms with E-state index < -0.39 is 23.9 Å². The minimum Gasteiger partial charge on any atom is -0.476 e. The SMILES string of the molecule is NC(=O)C(N1CCN(Cc2ccccc2)CC1)n1nc(C(=O)O)c(Br)c1NC(=O)c1ccccc1Cl. The third-order valence-electron chi connectivity index (χ3n) is 5.89. The molecule has 188 valence electrons. The van der Waals surface area contributed by atoms with Gasteiger partial charge in [0.15, 0.2) is 11.9 Å². The molecule has 0 bridgehead atoms. The molecule has 36 heavy (non-hydrogen) atoms. The Balaban J connectivity index is 1.60. The molecule has 3 aromatic rings. The summed E-state index contributed by atoms with van der Waals surface area (Å²) in [4.78, 5) is 41.5. The molecular formula is C24H24BrClN6O4. The summed E-state index contributed by atoms with van der Waals surface area (Å²) in [5.74, 6) is -2.65. The van der Waals surface area contributed by atoms with Crippen LogP contribution in [0.25, 0.3) is 0 Å². The van der Waals surface area contributed by atoms with Gasteiger partial charge >= 0.3 is 5.97 Å². The number of aromatic nitrogens is 2. The third kappa shape index (κ3) is 5.59. The average molecular weight is 576 g/mol. The highest BCUT2D eigenvalue weighted by Gasteiger charge is 2.35. The summed E-state index contributed by atoms with van der Waals surface area (Å²) in [6, 6.07) is 16.5. The lowest BCUT2D eigenvalue weighted by Gasteiger charge is -2.38. The van der Waals surface area contributed by atoms with Crippen LogP contribution in [0.5, 0.6) is 0 Å². The van der Waals surface area contributed by atoms with E-state index in [2.05, 4.69) is 43.4 Å². The van der Waals surface area contributed by atoms with E-state index in [1.54, 1.807) is 18.2 Å². The van der Waals surface area contributed by atoms with Crippen molar-refractivity contribution in [2.24, 2.45) is 5.73 Å². The normalized spacial score (nSPS) is 15.4. The Morgan fingerprint density at radius 1 is 1.06 bits per heavy atom. The first-order valence-corrected chi connectivity index (χ1v) is 12.3. The number of carbonyl (C=O) groups is 3. The first kappa shape index (κ1) is 25.8. The molecule has 2 aromatic carbocycles. The number of rotatable bonds is 8. The van der Waals surface area contributed by atoms with E-state index in [9.17, 15) is 19.5 Å². The highest BCUT2D eigenvalue weighted by molar-refractivity contribution is 9.10. The summed E-state index contributed by atoms with van der Waals surface area (Å²) >= 11 is 9.37. The van der Waals surface area contributed by atoms with Gasteiger partial charge in [-0.15, -0.1) is 0 Å². The second kappa shape index (κ2) is 11.2. The number of hydrogen-bond acceptors (Lipinski definition) is 6. The molecule has 1 aliphatic heterocycles. The Morgan fingerprint density at radius 3 is 2.31 bits per heavy atom. The number of anilines is 1. The Morgan fingerprint density at radius 2 is 1.69 bits per heavy atom. The van der Waals surface area contributed by atoms with Crippen molar-refractivity contribution < 1.29 is 19.5 Å². The molecule has 4 rings (SSSR count). The zero-order valence-corrected chi connectivity index (χ0v) is 21.4. The highest BCUT2D eigenvalue weighted by atomic mass is 79.9. The van der Waals surface area contributed by atoms with Crippen LogP contribution in [0.3, 0.4) is 0 Å². The third-order valence-corrected chi connectivity index (χ3v) is 6.97. The number of aromatic carboxylic acids is 1. The number of piperazine rings is 1. The predicted molar refractivity (Wildman–Crippen MR) is 138 cm³/mol. The first-order chi connectivity index (χ1) is 17.3. The molecule has 2 amide bonds. The van der Waals surface area contributed by atoms with Gasteiger partial charge in [-0.25, -0.2) is 9.48 Å². The van der Waals surface area contributed by atoms with Gasteiger partial charge in [0.25, 0.3) is 11.8 Å². The molecule has 1 atom stereocenters. The number of nitrogens with one attached hydrogen (secondary N) is 1. The lowest BCUT2D eigenvalue weighted by atomic mass is 10.2. The van der Waals surface area contributed by atoms with Crippen molar-refractivity contribution in [1.82, 2.24) is 19.6 Å². The quantitative estimate of drug-likeness (QED) is 0.376. The summed E-state index contributed by atoms with van der Waals surface area (Å²) in [6.07, 6.45) is -1.12. The van der Waals surface area contributed by atoms with E-state index in [1.165, 1.54) is 11.6 Å². The van der Waals surface area contributed by atoms with E-state index in [0.717, 1.165) is 11.2 Å². The molecule has 0 spiro atoms. The van der Waals surface area contributed by atoms with Crippen LogP contribution in [0, 0.1) is 0 Å². The zero-order chi connectivity index (χ0) is 25.8. The smallest absolute Gasteiger partial charge is 0.357 e. The molecule has 12 heteroatoms. The van der Waals surface area contributed by atoms with Crippen LogP contribution in [0.4, 0.5) is 5.82 Å². The molecule has 1 aliphatic rings. The predicted octanol–water partition coefficient (Wildman–Crippen LogP) is 3.05. The summed E-state index contributed by atoms with van der Waals surface area (Å²) in [5.41, 5.74) is 6.78. The number of hydrogen-bond donors (Lipinski definition) is 3. The maximum absolute atomic E-state index is 13.0. The second-order valence-electron chi connectivity index (χ2n) is 8.27. The van der Waals surface area contributed by atoms with Crippen molar-refractivity contribution in [3.8, 4) is 0 Å². The van der Waals surface area contributed by atoms with Gasteiger partial charge < -0.3 is 16.2 Å². The zero-order valence-electron chi connectivity index (χ0n) is 19.1. The molecule has 1 saturated heterocycles. The highest BCUT2D eigenvalue weighted by Crippen LogP contribution is 2.32. The number of amides is 2. The number of nitrogens with zero attached hydrogens (tertiary/aromatic N) is 4. The fraction of sp³-hybridized carbons (Fsp3) is 0.250. The molecule has 0 aliphatic carbocycles. The Labute approximate surface area is 220 Å². The fourth-order valence-electron chi connectivity index (χ4n) is 4.12. The average Bonchev–Trinajstić information content (AvgIpc) is 3.17. The van der Waals surface area contributed by atoms with Crippen molar-refractivity contribution in [1.29, 1.82) is 0 Å². The van der Waals surface area contributed by atoms with Crippen molar-refractivity contribution in [3.05, 3.63) is 80.9 Å². The maximum atomic E-state index is 13.0. The summed E-state index contributed by atoms with van der Waals surface area (Å²) in [6.45, 7) is 3.06. The number of nitrogens with two attached hydrogens (primary N) is 1. The molecule has 0 saturated carbocycles. The number of carbonyl (C=O) groups excluding carboxylic acids is 2. The van der Waals surface area contributed by atoms with Crippen LogP contribution in [0.1, 0.15) is 32.6 Å². The van der Waals surface area contributed by atoms with Gasteiger partial charge in [-0.3, -0.25) is 19.4 Å². The van der Waals surface area contributed by atoms with Gasteiger partial charge in [0.05, 0.1) is 15.1 Å². The van der Waals surface area contributed by atoms with Crippen LogP contribution in [-0.2, 0) is 11.3 Å². The van der Waals surface area contributed by atoms with E-state index in [1.807, 2.05) is 23.1 Å². The number of halogens is 2. The summed E-state index contributed by atoms with van der Waals surface area (Å²) in [5, 5.41) is 16.6. The van der Waals surface area contributed by atoms with Crippen molar-refractivity contribution in [2.75, 3.05) is 31.5 Å². The van der Waals surface area contributed by atoms with Crippen LogP contribution >= 0.6 is 27.5 Å². The van der Waals surface area contributed by atoms with Gasteiger partial charge in [-0.05, 0) is 33.6 Å². The number of carboxylic acid groups (broad SMARTS) is 1. The molecule has 4 N–H and O–H groups in total. The van der Waals surface area contributed by atoms with Gasteiger partial charge in [-0.2, -0.15) is 5.10 Å². The lowest BCUT2D eigenvalue weighted by Crippen LogP contribution is -2.52. The number of benzene rings is 2. The minimum absolute atomic E-state index is 0.00663. The van der Waals surface area contributed by atoms with Gasteiger partial charge in [-0.1, -0.05) is 54.1 Å². The van der Waals surface area contributed by atoms with Crippen LogP contribution in [0.15, 0.2) is 59.1 Å². The maximum Gasteiger partial charge on any atom is 0.357 e. The minimum atomic E-state index is -1.33. The van der Waals surface area contributed by atoms with Crippen LogP contribution in [0.2, 0.25) is 5.02 Å². The van der Waals surface area contributed by atoms with E-state index in [-0.39, 0.29) is 26.6 Å². The lowest BCUT2D eigenvalue weighted by molar-refractivity contribution is -0.128. The number of primary amides is 1. The Bertz CT molecular complexity index is 1280. The molecule has 1 aromatic heterocycles. The van der Waals surface area contributed by atoms with E-state index in [4.69, 9.17) is 17.3 Å². The van der Waals surface area contributed by atoms with E-state index in [0.29, 0.717) is 26.2 Å². The molecule has 2 heterocycles. The van der Waals surface area contributed by atoms with Gasteiger partial charge in [0.2, 0.25) is 0 Å². The largest absolute Gasteiger partial charge is 0.476 e. The van der Waals surface area contributed by atoms with Gasteiger partial charge in [0, 0.05) is 32.7 Å². The van der Waals surface area contributed by atoms with Crippen molar-refractivity contribution in [3.63, 3.8) is 0 Å². The molecular weight excluding hydrogens is 552 g/mol. The molecule has 1 unspecified atom stereocenters. The summed E-state index contributed by atoms with van der Waals surface area (Å²) < 4.78 is 1.17. The number of carboxylic acids is 1. The second-order valence-corrected chi connectivity index (χ2v) is 9.47. The van der Waals surface area contributed by atoms with E-state index >= 15 is 0 Å². The monoisotopic (exact) mass is 574 g/mol. The Kier molecular flexibility index (Phi) is 8.04. The topological polar surface area (TPSA) is 134 Å². The fourth-order valence-corrected chi connectivity index (χ4v) is 4.87.